The number of rotatable bonds is 2. The average molecular weight is 361 g/mol. The van der Waals surface area contributed by atoms with Crippen LogP contribution in [0, 0.1) is 13.8 Å². The zero-order valence-corrected chi connectivity index (χ0v) is 16.4. The Kier molecular flexibility index (Phi) is 5.21. The van der Waals surface area contributed by atoms with Gasteiger partial charge in [-0.15, -0.1) is 0 Å². The highest BCUT2D eigenvalue weighted by molar-refractivity contribution is 5.91. The van der Waals surface area contributed by atoms with Gasteiger partial charge in [0.1, 0.15) is 0 Å². The molecular formula is C28H24. The molecule has 0 atom stereocenters. The first kappa shape index (κ1) is 18.0. The SMILES string of the molecule is Cc1ccc(-c2ccccc2)cccc(C)c2cc(-c3ccccc3)ccc12. The number of hydrogen-bond acceptors (Lipinski definition) is 0. The van der Waals surface area contributed by atoms with Gasteiger partial charge < -0.3 is 0 Å². The third-order valence-electron chi connectivity index (χ3n) is 5.22. The molecule has 0 nitrogen and oxygen atoms in total. The van der Waals surface area contributed by atoms with Gasteiger partial charge in [0.05, 0.1) is 0 Å². The summed E-state index contributed by atoms with van der Waals surface area (Å²) in [6.45, 7) is 4.39. The van der Waals surface area contributed by atoms with Crippen molar-refractivity contribution in [2.75, 3.05) is 0 Å². The lowest BCUT2D eigenvalue weighted by Gasteiger charge is -2.07. The summed E-state index contributed by atoms with van der Waals surface area (Å²) >= 11 is 0. The molecule has 0 N–H and O–H groups in total. The lowest BCUT2D eigenvalue weighted by molar-refractivity contribution is 1.50. The van der Waals surface area contributed by atoms with E-state index in [-0.39, 0.29) is 0 Å². The molecule has 0 fully saturated rings. The van der Waals surface area contributed by atoms with Crippen LogP contribution < -0.4 is 0 Å². The van der Waals surface area contributed by atoms with Gasteiger partial charge in [0.15, 0.2) is 0 Å². The molecule has 0 aliphatic carbocycles. The Morgan fingerprint density at radius 3 is 1.54 bits per heavy atom. The maximum Gasteiger partial charge on any atom is -0.0146 e. The number of hydrogen-bond donors (Lipinski definition) is 0. The summed E-state index contributed by atoms with van der Waals surface area (Å²) in [6, 6.07) is 38.9. The van der Waals surface area contributed by atoms with Crippen LogP contribution in [0.25, 0.3) is 33.0 Å². The first-order valence-corrected chi connectivity index (χ1v) is 9.71. The van der Waals surface area contributed by atoms with Gasteiger partial charge >= 0.3 is 0 Å². The topological polar surface area (TPSA) is 0 Å². The van der Waals surface area contributed by atoms with Gasteiger partial charge in [-0.3, -0.25) is 0 Å². The van der Waals surface area contributed by atoms with Gasteiger partial charge in [0, 0.05) is 0 Å². The minimum atomic E-state index is 1.22. The minimum Gasteiger partial charge on any atom is -0.0622 e. The lowest BCUT2D eigenvalue weighted by Crippen LogP contribution is -1.83. The molecule has 0 radical (unpaired) electrons. The Balaban J connectivity index is 1.94. The minimum absolute atomic E-state index is 1.22. The van der Waals surface area contributed by atoms with Crippen molar-refractivity contribution < 1.29 is 0 Å². The van der Waals surface area contributed by atoms with E-state index in [4.69, 9.17) is 0 Å². The zero-order chi connectivity index (χ0) is 19.3. The fourth-order valence-electron chi connectivity index (χ4n) is 3.59. The van der Waals surface area contributed by atoms with Crippen molar-refractivity contribution in [2.45, 2.75) is 13.8 Å². The number of aryl methyl sites for hydroxylation is 2. The van der Waals surface area contributed by atoms with Crippen LogP contribution in [0.3, 0.4) is 0 Å². The second kappa shape index (κ2) is 8.10. The Bertz CT molecular complexity index is 1110. The largest absolute Gasteiger partial charge is 0.0622 e. The molecule has 4 rings (SSSR count). The quantitative estimate of drug-likeness (QED) is 0.340. The third-order valence-corrected chi connectivity index (χ3v) is 5.22. The summed E-state index contributed by atoms with van der Waals surface area (Å²) in [5.74, 6) is 0. The van der Waals surface area contributed by atoms with E-state index in [1.54, 1.807) is 0 Å². The summed E-state index contributed by atoms with van der Waals surface area (Å²) in [7, 11) is 0. The summed E-state index contributed by atoms with van der Waals surface area (Å²) in [5.41, 5.74) is 7.49. The molecule has 136 valence electrons. The van der Waals surface area contributed by atoms with Crippen molar-refractivity contribution in [3.8, 4) is 22.3 Å². The molecule has 0 aliphatic heterocycles. The fraction of sp³-hybridized carbons (Fsp3) is 0.0714. The van der Waals surface area contributed by atoms with Crippen LogP contribution in [-0.4, -0.2) is 0 Å². The Hall–Kier alpha value is -3.38. The van der Waals surface area contributed by atoms with Crippen molar-refractivity contribution in [1.29, 1.82) is 0 Å². The molecule has 0 aromatic heterocycles. The molecule has 0 unspecified atom stereocenters. The Morgan fingerprint density at radius 2 is 0.857 bits per heavy atom. The van der Waals surface area contributed by atoms with Crippen LogP contribution in [0.4, 0.5) is 0 Å². The maximum atomic E-state index is 2.31. The van der Waals surface area contributed by atoms with Gasteiger partial charge in [-0.2, -0.15) is 0 Å². The predicted molar refractivity (Wildman–Crippen MR) is 122 cm³/mol. The Morgan fingerprint density at radius 1 is 0.357 bits per heavy atom. The van der Waals surface area contributed by atoms with Crippen LogP contribution in [0.1, 0.15) is 11.1 Å². The maximum absolute atomic E-state index is 2.31. The van der Waals surface area contributed by atoms with Crippen LogP contribution in [0.15, 0.2) is 109 Å². The van der Waals surface area contributed by atoms with Crippen molar-refractivity contribution in [3.63, 3.8) is 0 Å². The standard InChI is InChI=1S/C28H24/c1-21-10-9-15-25(23-11-5-3-6-12-23)17-16-22(2)27-19-18-26(20-28(21)27)24-13-7-4-8-14-24/h3-20H,1-2H3. The first-order valence-electron chi connectivity index (χ1n) is 9.71. The van der Waals surface area contributed by atoms with E-state index < -0.39 is 0 Å². The number of fused-ring (bicyclic) bond motifs is 1. The van der Waals surface area contributed by atoms with E-state index in [2.05, 4.69) is 123 Å². The van der Waals surface area contributed by atoms with E-state index in [1.807, 2.05) is 0 Å². The van der Waals surface area contributed by atoms with Gasteiger partial charge in [-0.1, -0.05) is 103 Å². The van der Waals surface area contributed by atoms with Crippen LogP contribution in [0.2, 0.25) is 0 Å². The highest BCUT2D eigenvalue weighted by Crippen LogP contribution is 2.27. The van der Waals surface area contributed by atoms with E-state index >= 15 is 0 Å². The zero-order valence-electron chi connectivity index (χ0n) is 16.4. The normalized spacial score (nSPS) is 10.5. The molecular weight excluding hydrogens is 336 g/mol. The van der Waals surface area contributed by atoms with Crippen molar-refractivity contribution in [1.82, 2.24) is 0 Å². The average Bonchev–Trinajstić information content (AvgIpc) is 2.76. The molecule has 4 aromatic carbocycles. The third kappa shape index (κ3) is 3.82. The fourth-order valence-corrected chi connectivity index (χ4v) is 3.59. The summed E-state index contributed by atoms with van der Waals surface area (Å²) in [5, 5.41) is 2.57. The first-order chi connectivity index (χ1) is 13.7. The smallest absolute Gasteiger partial charge is 0.0146 e. The van der Waals surface area contributed by atoms with E-state index in [0.29, 0.717) is 0 Å². The van der Waals surface area contributed by atoms with E-state index in [0.717, 1.165) is 0 Å². The predicted octanol–water partition coefficient (Wildman–Crippen LogP) is 7.92. The molecule has 0 heteroatoms. The Labute approximate surface area is 167 Å². The monoisotopic (exact) mass is 360 g/mol. The molecule has 0 bridgehead atoms. The second-order valence-electron chi connectivity index (χ2n) is 7.17. The van der Waals surface area contributed by atoms with Crippen LogP contribution >= 0.6 is 0 Å². The van der Waals surface area contributed by atoms with Gasteiger partial charge in [-0.05, 0) is 64.1 Å². The highest BCUT2D eigenvalue weighted by atomic mass is 14.1. The van der Waals surface area contributed by atoms with Gasteiger partial charge in [0.2, 0.25) is 0 Å². The van der Waals surface area contributed by atoms with E-state index in [1.165, 1.54) is 44.2 Å². The molecule has 0 heterocycles. The van der Waals surface area contributed by atoms with Gasteiger partial charge in [0.25, 0.3) is 0 Å². The molecule has 0 saturated carbocycles. The van der Waals surface area contributed by atoms with E-state index in [9.17, 15) is 0 Å². The summed E-state index contributed by atoms with van der Waals surface area (Å²) < 4.78 is 0. The van der Waals surface area contributed by atoms with Crippen LogP contribution in [-0.2, 0) is 0 Å². The molecule has 0 aliphatic rings. The highest BCUT2D eigenvalue weighted by Gasteiger charge is 2.02. The summed E-state index contributed by atoms with van der Waals surface area (Å²) in [6.07, 6.45) is 0. The second-order valence-corrected chi connectivity index (χ2v) is 7.17. The van der Waals surface area contributed by atoms with Crippen LogP contribution in [0.5, 0.6) is 0 Å². The molecule has 28 heavy (non-hydrogen) atoms. The van der Waals surface area contributed by atoms with Crippen molar-refractivity contribution in [2.24, 2.45) is 0 Å². The molecule has 0 amide bonds. The number of benzene rings is 3. The molecule has 4 aromatic rings. The van der Waals surface area contributed by atoms with Crippen molar-refractivity contribution in [3.05, 3.63) is 120 Å². The van der Waals surface area contributed by atoms with Crippen molar-refractivity contribution >= 4 is 10.8 Å². The molecule has 0 spiro atoms. The van der Waals surface area contributed by atoms with Gasteiger partial charge in [-0.25, -0.2) is 0 Å². The molecule has 0 saturated heterocycles. The lowest BCUT2D eigenvalue weighted by atomic mass is 9.97. The summed E-state index contributed by atoms with van der Waals surface area (Å²) in [4.78, 5) is 0.